The monoisotopic (exact) mass is 276 g/mol. The molecule has 0 bridgehead atoms. The maximum Gasteiger partial charge on any atom is 0.341 e. The Hall–Kier alpha value is -2.00. The molecule has 0 fully saturated rings. The van der Waals surface area contributed by atoms with Gasteiger partial charge in [0.05, 0.1) is 10.1 Å². The van der Waals surface area contributed by atoms with E-state index < -0.39 is 11.4 Å². The van der Waals surface area contributed by atoms with Crippen LogP contribution in [-0.4, -0.2) is 27.2 Å². The highest BCUT2D eigenvalue weighted by atomic mass is 32.2. The summed E-state index contributed by atoms with van der Waals surface area (Å²) in [7, 11) is 0. The average Bonchev–Trinajstić information content (AvgIpc) is 2.81. The van der Waals surface area contributed by atoms with Gasteiger partial charge in [0.25, 0.3) is 0 Å². The van der Waals surface area contributed by atoms with Crippen LogP contribution in [-0.2, 0) is 13.0 Å². The number of aromatic nitrogens is 1. The Morgan fingerprint density at radius 2 is 2.42 bits per heavy atom. The van der Waals surface area contributed by atoms with E-state index in [1.165, 1.54) is 18.0 Å². The summed E-state index contributed by atoms with van der Waals surface area (Å²) in [6.07, 6.45) is 6.90. The summed E-state index contributed by atoms with van der Waals surface area (Å²) in [6.45, 7) is 2.76. The second-order valence-electron chi connectivity index (χ2n) is 3.94. The minimum atomic E-state index is -1.20. The van der Waals surface area contributed by atoms with Crippen molar-refractivity contribution >= 4 is 22.8 Å². The zero-order chi connectivity index (χ0) is 14.0. The molecule has 6 heteroatoms. The van der Waals surface area contributed by atoms with Crippen molar-refractivity contribution in [3.8, 4) is 12.3 Å². The molecule has 1 aromatic rings. The fraction of sp³-hybridized carbons (Fsp3) is 0.308. The quantitative estimate of drug-likeness (QED) is 0.843. The molecule has 2 heterocycles. The molecule has 1 aromatic heterocycles. The zero-order valence-electron chi connectivity index (χ0n) is 10.3. The van der Waals surface area contributed by atoms with Gasteiger partial charge in [0.1, 0.15) is 12.1 Å². The molecule has 0 radical (unpaired) electrons. The summed E-state index contributed by atoms with van der Waals surface area (Å²) in [5.41, 5.74) is -0.118. The highest BCUT2D eigenvalue weighted by Gasteiger charge is 2.26. The number of hydrogen-bond donors (Lipinski definition) is 1. The minimum Gasteiger partial charge on any atom is -0.477 e. The lowest BCUT2D eigenvalue weighted by Crippen LogP contribution is -2.22. The van der Waals surface area contributed by atoms with Gasteiger partial charge in [-0.2, -0.15) is 0 Å². The molecule has 2 rings (SSSR count). The largest absolute Gasteiger partial charge is 0.477 e. The summed E-state index contributed by atoms with van der Waals surface area (Å²) in [5.74, 6) is 1.21. The molecular weight excluding hydrogens is 264 g/mol. The lowest BCUT2D eigenvalue weighted by molar-refractivity contribution is 0.0694. The van der Waals surface area contributed by atoms with E-state index in [1.54, 1.807) is 4.57 Å². The van der Waals surface area contributed by atoms with Crippen LogP contribution in [0.5, 0.6) is 0 Å². The van der Waals surface area contributed by atoms with Crippen molar-refractivity contribution in [3.63, 3.8) is 0 Å². The molecule has 98 valence electrons. The van der Waals surface area contributed by atoms with Crippen LogP contribution in [0.2, 0.25) is 0 Å². The molecule has 19 heavy (non-hydrogen) atoms. The molecule has 0 spiro atoms. The highest BCUT2D eigenvalue weighted by molar-refractivity contribution is 8.14. The van der Waals surface area contributed by atoms with Gasteiger partial charge in [0.15, 0.2) is 0 Å². The summed E-state index contributed by atoms with van der Waals surface area (Å²) >= 11 is 1.39. The topological polar surface area (TPSA) is 71.7 Å². The molecule has 0 atom stereocenters. The summed E-state index contributed by atoms with van der Waals surface area (Å²) < 4.78 is 1.77. The van der Waals surface area contributed by atoms with Crippen LogP contribution in [0.25, 0.3) is 0 Å². The van der Waals surface area contributed by atoms with Gasteiger partial charge < -0.3 is 9.67 Å². The summed E-state index contributed by atoms with van der Waals surface area (Å²) in [6, 6.07) is 0. The Morgan fingerprint density at radius 3 is 3.00 bits per heavy atom. The van der Waals surface area contributed by atoms with E-state index in [0.717, 1.165) is 10.1 Å². The van der Waals surface area contributed by atoms with E-state index in [2.05, 4.69) is 10.9 Å². The highest BCUT2D eigenvalue weighted by Crippen LogP contribution is 2.31. The molecule has 0 amide bonds. The first kappa shape index (κ1) is 13.4. The second-order valence-corrected chi connectivity index (χ2v) is 5.00. The van der Waals surface area contributed by atoms with Gasteiger partial charge in [-0.3, -0.25) is 9.79 Å². The smallest absolute Gasteiger partial charge is 0.341 e. The van der Waals surface area contributed by atoms with Gasteiger partial charge in [-0.1, -0.05) is 17.7 Å². The number of pyridine rings is 1. The molecule has 0 aliphatic carbocycles. The average molecular weight is 276 g/mol. The number of hydrogen-bond acceptors (Lipinski definition) is 4. The first-order valence-corrected chi connectivity index (χ1v) is 6.54. The predicted octanol–water partition coefficient (Wildman–Crippen LogP) is 1.25. The number of aliphatic imine (C=N–C) groups is 1. The van der Waals surface area contributed by atoms with Gasteiger partial charge in [0, 0.05) is 24.7 Å². The number of fused-ring (bicyclic) bond motifs is 1. The van der Waals surface area contributed by atoms with Gasteiger partial charge in [0.2, 0.25) is 5.43 Å². The third kappa shape index (κ3) is 2.42. The van der Waals surface area contributed by atoms with E-state index in [-0.39, 0.29) is 12.1 Å². The van der Waals surface area contributed by atoms with Crippen molar-refractivity contribution in [2.24, 2.45) is 4.99 Å². The van der Waals surface area contributed by atoms with Crippen LogP contribution in [0, 0.1) is 12.3 Å². The van der Waals surface area contributed by atoms with E-state index >= 15 is 0 Å². The molecule has 1 N–H and O–H groups in total. The number of rotatable bonds is 3. The van der Waals surface area contributed by atoms with Crippen molar-refractivity contribution in [1.82, 2.24) is 4.57 Å². The van der Waals surface area contributed by atoms with E-state index in [1.807, 2.05) is 6.92 Å². The van der Waals surface area contributed by atoms with Gasteiger partial charge in [-0.05, 0) is 6.92 Å². The van der Waals surface area contributed by atoms with E-state index in [0.29, 0.717) is 18.5 Å². The predicted molar refractivity (Wildman–Crippen MR) is 74.0 cm³/mol. The SMILES string of the molecule is C#CCN=C1Cc2c(n(CC)cc(C(=O)O)c2=O)S1. The number of aromatic carboxylic acids is 1. The second kappa shape index (κ2) is 5.33. The molecule has 1 aliphatic rings. The van der Waals surface area contributed by atoms with Crippen LogP contribution in [0.1, 0.15) is 22.8 Å². The molecular formula is C13H12N2O3S. The number of thioether (sulfide) groups is 1. The number of nitrogens with zero attached hydrogens (tertiary/aromatic N) is 2. The van der Waals surface area contributed by atoms with Crippen LogP contribution in [0.3, 0.4) is 0 Å². The fourth-order valence-corrected chi connectivity index (χ4v) is 3.05. The van der Waals surface area contributed by atoms with Crippen molar-refractivity contribution in [1.29, 1.82) is 0 Å². The van der Waals surface area contributed by atoms with Crippen LogP contribution >= 0.6 is 11.8 Å². The van der Waals surface area contributed by atoms with Gasteiger partial charge >= 0.3 is 5.97 Å². The zero-order valence-corrected chi connectivity index (χ0v) is 11.2. The number of terminal acetylenes is 1. The number of carboxylic acid groups (broad SMARTS) is 1. The Balaban J connectivity index is 2.55. The third-order valence-electron chi connectivity index (χ3n) is 2.78. The maximum atomic E-state index is 12.1. The number of aryl methyl sites for hydroxylation is 1. The van der Waals surface area contributed by atoms with Crippen molar-refractivity contribution < 1.29 is 9.90 Å². The van der Waals surface area contributed by atoms with Gasteiger partial charge in [-0.25, -0.2) is 4.79 Å². The Bertz CT molecular complexity index is 668. The molecule has 0 saturated heterocycles. The van der Waals surface area contributed by atoms with E-state index in [4.69, 9.17) is 11.5 Å². The third-order valence-corrected chi connectivity index (χ3v) is 3.97. The van der Waals surface area contributed by atoms with Crippen LogP contribution in [0.15, 0.2) is 21.0 Å². The standard InChI is InChI=1S/C13H12N2O3S/c1-3-5-14-10-6-8-11(16)9(13(17)18)7-15(4-2)12(8)19-10/h1,7H,4-6H2,2H3,(H,17,18). The summed E-state index contributed by atoms with van der Waals surface area (Å²) in [5, 5.41) is 10.6. The van der Waals surface area contributed by atoms with Crippen LogP contribution in [0.4, 0.5) is 0 Å². The Kier molecular flexibility index (Phi) is 3.76. The van der Waals surface area contributed by atoms with Crippen molar-refractivity contribution in [2.75, 3.05) is 6.54 Å². The van der Waals surface area contributed by atoms with Crippen molar-refractivity contribution in [3.05, 3.63) is 27.5 Å². The number of carboxylic acids is 1. The van der Waals surface area contributed by atoms with Crippen LogP contribution < -0.4 is 5.43 Å². The lowest BCUT2D eigenvalue weighted by Gasteiger charge is -2.09. The first-order valence-electron chi connectivity index (χ1n) is 5.72. The Morgan fingerprint density at radius 1 is 1.68 bits per heavy atom. The maximum absolute atomic E-state index is 12.1. The molecule has 0 aromatic carbocycles. The normalized spacial score (nSPS) is 15.3. The first-order chi connectivity index (χ1) is 9.08. The lowest BCUT2D eigenvalue weighted by atomic mass is 10.1. The van der Waals surface area contributed by atoms with Crippen molar-refractivity contribution in [2.45, 2.75) is 24.9 Å². The fourth-order valence-electron chi connectivity index (χ4n) is 1.89. The summed E-state index contributed by atoms with van der Waals surface area (Å²) in [4.78, 5) is 27.3. The van der Waals surface area contributed by atoms with Gasteiger partial charge in [-0.15, -0.1) is 6.42 Å². The molecule has 0 saturated carbocycles. The Labute approximate surface area is 114 Å². The minimum absolute atomic E-state index is 0.195. The molecule has 0 unspecified atom stereocenters. The van der Waals surface area contributed by atoms with E-state index in [9.17, 15) is 9.59 Å². The molecule has 1 aliphatic heterocycles. The number of carbonyl (C=O) groups is 1. The molecule has 5 nitrogen and oxygen atoms in total.